The van der Waals surface area contributed by atoms with Crippen LogP contribution in [0.3, 0.4) is 0 Å². The Balaban J connectivity index is 1.83. The third-order valence-corrected chi connectivity index (χ3v) is 4.46. The summed E-state index contributed by atoms with van der Waals surface area (Å²) in [5.74, 6) is -1.17. The highest BCUT2D eigenvalue weighted by molar-refractivity contribution is 6.31. The number of nitrogens with one attached hydrogen (secondary N) is 2. The predicted octanol–water partition coefficient (Wildman–Crippen LogP) is 2.89. The summed E-state index contributed by atoms with van der Waals surface area (Å²) in [6.07, 6.45) is -0.908. The normalized spacial score (nSPS) is 11.3. The molecule has 2 N–H and O–H groups in total. The topological polar surface area (TPSA) is 93.7 Å². The van der Waals surface area contributed by atoms with Gasteiger partial charge in [0.1, 0.15) is 12.3 Å². The van der Waals surface area contributed by atoms with E-state index in [9.17, 15) is 14.4 Å². The number of ether oxygens (including phenoxy) is 2. The Morgan fingerprint density at radius 2 is 1.83 bits per heavy atom. The van der Waals surface area contributed by atoms with Crippen LogP contribution in [0, 0.1) is 6.92 Å². The van der Waals surface area contributed by atoms with Crippen molar-refractivity contribution in [3.05, 3.63) is 58.6 Å². The average Bonchev–Trinajstić information content (AvgIpc) is 2.69. The summed E-state index contributed by atoms with van der Waals surface area (Å²) < 4.78 is 10.3. The molecule has 29 heavy (non-hydrogen) atoms. The standard InChI is InChI=1S/C21H23ClN2O5/c1-13-9-17(18(28-3)11-16(13)22)24-21(27)14(2)29-20(26)12-23-19(25)10-15-7-5-4-6-8-15/h4-9,11,14H,10,12H2,1-3H3,(H,23,25)(H,24,27)/t14-/m1/s1. The zero-order chi connectivity index (χ0) is 21.4. The molecule has 0 aliphatic carbocycles. The Bertz CT molecular complexity index is 886. The molecule has 0 radical (unpaired) electrons. The van der Waals surface area contributed by atoms with Crippen LogP contribution < -0.4 is 15.4 Å². The molecule has 1 atom stereocenters. The van der Waals surface area contributed by atoms with E-state index in [1.165, 1.54) is 14.0 Å². The van der Waals surface area contributed by atoms with Crippen LogP contribution in [-0.4, -0.2) is 37.5 Å². The highest BCUT2D eigenvalue weighted by Crippen LogP contribution is 2.31. The van der Waals surface area contributed by atoms with Gasteiger partial charge in [-0.25, -0.2) is 0 Å². The Hall–Kier alpha value is -3.06. The van der Waals surface area contributed by atoms with Gasteiger partial charge in [0.05, 0.1) is 19.2 Å². The number of hydrogen-bond acceptors (Lipinski definition) is 5. The van der Waals surface area contributed by atoms with Gasteiger partial charge in [-0.3, -0.25) is 14.4 Å². The molecule has 0 bridgehead atoms. The smallest absolute Gasteiger partial charge is 0.326 e. The lowest BCUT2D eigenvalue weighted by atomic mass is 10.1. The highest BCUT2D eigenvalue weighted by Gasteiger charge is 2.20. The van der Waals surface area contributed by atoms with E-state index in [2.05, 4.69) is 10.6 Å². The molecule has 0 heterocycles. The first-order valence-corrected chi connectivity index (χ1v) is 9.33. The number of anilines is 1. The molecule has 7 nitrogen and oxygen atoms in total. The second-order valence-electron chi connectivity index (χ2n) is 6.36. The second-order valence-corrected chi connectivity index (χ2v) is 6.77. The van der Waals surface area contributed by atoms with Gasteiger partial charge < -0.3 is 20.1 Å². The van der Waals surface area contributed by atoms with Crippen LogP contribution in [0.1, 0.15) is 18.1 Å². The Morgan fingerprint density at radius 1 is 1.14 bits per heavy atom. The Labute approximate surface area is 174 Å². The minimum absolute atomic E-state index is 0.153. The number of benzene rings is 2. The molecule has 154 valence electrons. The fraction of sp³-hybridized carbons (Fsp3) is 0.286. The summed E-state index contributed by atoms with van der Waals surface area (Å²) in [4.78, 5) is 36.1. The summed E-state index contributed by atoms with van der Waals surface area (Å²) in [6, 6.07) is 12.4. The van der Waals surface area contributed by atoms with Gasteiger partial charge >= 0.3 is 5.97 Å². The Kier molecular flexibility index (Phi) is 8.03. The lowest BCUT2D eigenvalue weighted by Gasteiger charge is -2.16. The van der Waals surface area contributed by atoms with Crippen molar-refractivity contribution in [3.63, 3.8) is 0 Å². The molecule has 0 aliphatic heterocycles. The minimum atomic E-state index is -1.06. The van der Waals surface area contributed by atoms with Gasteiger partial charge in [-0.05, 0) is 31.0 Å². The molecule has 2 aromatic carbocycles. The lowest BCUT2D eigenvalue weighted by Crippen LogP contribution is -2.36. The second kappa shape index (κ2) is 10.5. The van der Waals surface area contributed by atoms with Gasteiger partial charge in [0, 0.05) is 11.1 Å². The molecule has 0 aliphatic rings. The quantitative estimate of drug-likeness (QED) is 0.643. The van der Waals surface area contributed by atoms with E-state index < -0.39 is 18.0 Å². The van der Waals surface area contributed by atoms with Crippen molar-refractivity contribution < 1.29 is 23.9 Å². The monoisotopic (exact) mass is 418 g/mol. The van der Waals surface area contributed by atoms with Crippen molar-refractivity contribution in [1.29, 1.82) is 0 Å². The van der Waals surface area contributed by atoms with Gasteiger partial charge in [0.15, 0.2) is 6.10 Å². The first kappa shape index (κ1) is 22.2. The molecule has 0 saturated heterocycles. The molecular weight excluding hydrogens is 396 g/mol. The van der Waals surface area contributed by atoms with E-state index in [-0.39, 0.29) is 18.9 Å². The molecule has 2 amide bonds. The van der Waals surface area contributed by atoms with E-state index >= 15 is 0 Å². The highest BCUT2D eigenvalue weighted by atomic mass is 35.5. The third kappa shape index (κ3) is 6.80. The molecule has 0 fully saturated rings. The largest absolute Gasteiger partial charge is 0.495 e. The van der Waals surface area contributed by atoms with Crippen molar-refractivity contribution in [2.75, 3.05) is 19.0 Å². The summed E-state index contributed by atoms with van der Waals surface area (Å²) in [7, 11) is 1.46. The van der Waals surface area contributed by atoms with Crippen molar-refractivity contribution >= 4 is 35.1 Å². The van der Waals surface area contributed by atoms with Gasteiger partial charge in [-0.15, -0.1) is 0 Å². The maximum Gasteiger partial charge on any atom is 0.326 e. The van der Waals surface area contributed by atoms with E-state index in [1.807, 2.05) is 30.3 Å². The average molecular weight is 419 g/mol. The minimum Gasteiger partial charge on any atom is -0.495 e. The number of amides is 2. The molecule has 2 aromatic rings. The SMILES string of the molecule is COc1cc(Cl)c(C)cc1NC(=O)[C@@H](C)OC(=O)CNC(=O)Cc1ccccc1. The zero-order valence-electron chi connectivity index (χ0n) is 16.5. The first-order chi connectivity index (χ1) is 13.8. The number of esters is 1. The number of methoxy groups -OCH3 is 1. The first-order valence-electron chi connectivity index (χ1n) is 8.95. The predicted molar refractivity (Wildman–Crippen MR) is 110 cm³/mol. The van der Waals surface area contributed by atoms with Gasteiger partial charge in [-0.1, -0.05) is 41.9 Å². The number of halogens is 1. The van der Waals surface area contributed by atoms with Crippen LogP contribution in [0.4, 0.5) is 5.69 Å². The maximum absolute atomic E-state index is 12.3. The van der Waals surface area contributed by atoms with Gasteiger partial charge in [0.2, 0.25) is 5.91 Å². The van der Waals surface area contributed by atoms with Crippen LogP contribution in [0.2, 0.25) is 5.02 Å². The maximum atomic E-state index is 12.3. The van der Waals surface area contributed by atoms with Crippen molar-refractivity contribution in [2.24, 2.45) is 0 Å². The summed E-state index contributed by atoms with van der Waals surface area (Å²) in [5.41, 5.74) is 2.00. The number of carbonyl (C=O) groups excluding carboxylic acids is 3. The summed E-state index contributed by atoms with van der Waals surface area (Å²) in [6.45, 7) is 2.90. The van der Waals surface area contributed by atoms with Crippen LogP contribution in [0.15, 0.2) is 42.5 Å². The van der Waals surface area contributed by atoms with E-state index in [4.69, 9.17) is 21.1 Å². The van der Waals surface area contributed by atoms with Crippen LogP contribution >= 0.6 is 11.6 Å². The van der Waals surface area contributed by atoms with Gasteiger partial charge in [0.25, 0.3) is 5.91 Å². The third-order valence-electron chi connectivity index (χ3n) is 4.05. The molecular formula is C21H23ClN2O5. The number of carbonyl (C=O) groups is 3. The number of hydrogen-bond donors (Lipinski definition) is 2. The van der Waals surface area contributed by atoms with Crippen LogP contribution in [0.25, 0.3) is 0 Å². The summed E-state index contributed by atoms with van der Waals surface area (Å²) >= 11 is 6.05. The molecule has 0 spiro atoms. The molecule has 8 heteroatoms. The van der Waals surface area contributed by atoms with Crippen molar-refractivity contribution in [3.8, 4) is 5.75 Å². The molecule has 2 rings (SSSR count). The van der Waals surface area contributed by atoms with E-state index in [1.54, 1.807) is 19.1 Å². The number of rotatable bonds is 8. The van der Waals surface area contributed by atoms with Crippen molar-refractivity contribution in [1.82, 2.24) is 5.32 Å². The van der Waals surface area contributed by atoms with Gasteiger partial charge in [-0.2, -0.15) is 0 Å². The van der Waals surface area contributed by atoms with Crippen LogP contribution in [0.5, 0.6) is 5.75 Å². The van der Waals surface area contributed by atoms with E-state index in [0.717, 1.165) is 11.1 Å². The fourth-order valence-electron chi connectivity index (χ4n) is 2.47. The fourth-order valence-corrected chi connectivity index (χ4v) is 2.62. The Morgan fingerprint density at radius 3 is 2.48 bits per heavy atom. The molecule has 0 unspecified atom stereocenters. The summed E-state index contributed by atoms with van der Waals surface area (Å²) in [5, 5.41) is 5.63. The lowest BCUT2D eigenvalue weighted by molar-refractivity contribution is -0.152. The van der Waals surface area contributed by atoms with Crippen LogP contribution in [-0.2, 0) is 25.5 Å². The zero-order valence-corrected chi connectivity index (χ0v) is 17.2. The van der Waals surface area contributed by atoms with E-state index in [0.29, 0.717) is 16.5 Å². The van der Waals surface area contributed by atoms with Crippen molar-refractivity contribution in [2.45, 2.75) is 26.4 Å². The number of aryl methyl sites for hydroxylation is 1. The molecule has 0 aromatic heterocycles. The molecule has 0 saturated carbocycles.